The van der Waals surface area contributed by atoms with Gasteiger partial charge in [-0.1, -0.05) is 12.1 Å². The summed E-state index contributed by atoms with van der Waals surface area (Å²) in [7, 11) is 1.60. The van der Waals surface area contributed by atoms with E-state index < -0.39 is 6.10 Å². The lowest BCUT2D eigenvalue weighted by Crippen LogP contribution is -2.38. The first-order valence-corrected chi connectivity index (χ1v) is 6.05. The number of amides is 1. The second kappa shape index (κ2) is 7.01. The minimum absolute atomic E-state index is 0.132. The van der Waals surface area contributed by atoms with Crippen LogP contribution < -0.4 is 10.1 Å². The molecule has 4 heteroatoms. The van der Waals surface area contributed by atoms with Crippen LogP contribution in [0.15, 0.2) is 18.2 Å². The van der Waals surface area contributed by atoms with Gasteiger partial charge in [0.05, 0.1) is 6.61 Å². The molecule has 0 aliphatic heterocycles. The van der Waals surface area contributed by atoms with E-state index in [0.717, 1.165) is 16.9 Å². The summed E-state index contributed by atoms with van der Waals surface area (Å²) in [6.45, 7) is 6.74. The lowest BCUT2D eigenvalue weighted by molar-refractivity contribution is -0.127. The Morgan fingerprint density at radius 2 is 2.11 bits per heavy atom. The quantitative estimate of drug-likeness (QED) is 0.785. The molecule has 1 aromatic carbocycles. The van der Waals surface area contributed by atoms with Gasteiger partial charge in [0.25, 0.3) is 5.91 Å². The van der Waals surface area contributed by atoms with Crippen molar-refractivity contribution in [2.45, 2.75) is 26.9 Å². The molecule has 4 nitrogen and oxygen atoms in total. The van der Waals surface area contributed by atoms with E-state index in [1.165, 1.54) is 0 Å². The van der Waals surface area contributed by atoms with Crippen LogP contribution in [0.1, 0.15) is 18.1 Å². The number of aryl methyl sites for hydroxylation is 1. The molecule has 0 fully saturated rings. The standard InChI is InChI=1S/C14H21NO3/c1-10-6-5-7-13(11(10)2)18-12(3)14(16)15-8-9-17-4/h5-7,12H,8-9H2,1-4H3,(H,15,16)/t12-/m1/s1. The second-order valence-electron chi connectivity index (χ2n) is 4.24. The molecule has 0 saturated carbocycles. The average molecular weight is 251 g/mol. The molecule has 0 aliphatic rings. The summed E-state index contributed by atoms with van der Waals surface area (Å²) in [4.78, 5) is 11.7. The number of nitrogens with one attached hydrogen (secondary N) is 1. The number of hydrogen-bond acceptors (Lipinski definition) is 3. The average Bonchev–Trinajstić information content (AvgIpc) is 2.35. The monoisotopic (exact) mass is 251 g/mol. The third-order valence-corrected chi connectivity index (χ3v) is 2.83. The van der Waals surface area contributed by atoms with Crippen molar-refractivity contribution in [3.8, 4) is 5.75 Å². The van der Waals surface area contributed by atoms with E-state index in [-0.39, 0.29) is 5.91 Å². The van der Waals surface area contributed by atoms with Crippen LogP contribution in [-0.4, -0.2) is 32.3 Å². The SMILES string of the molecule is COCCNC(=O)[C@@H](C)Oc1cccc(C)c1C. The van der Waals surface area contributed by atoms with E-state index in [9.17, 15) is 4.79 Å². The number of carbonyl (C=O) groups excluding carboxylic acids is 1. The Kier molecular flexibility index (Phi) is 5.65. The molecule has 1 atom stereocenters. The van der Waals surface area contributed by atoms with Crippen LogP contribution in [0.5, 0.6) is 5.75 Å². The van der Waals surface area contributed by atoms with Crippen molar-refractivity contribution in [2.75, 3.05) is 20.3 Å². The predicted octanol–water partition coefficient (Wildman–Crippen LogP) is 1.83. The Bertz CT molecular complexity index is 404. The molecule has 0 radical (unpaired) electrons. The van der Waals surface area contributed by atoms with Gasteiger partial charge in [-0.15, -0.1) is 0 Å². The largest absolute Gasteiger partial charge is 0.481 e. The zero-order chi connectivity index (χ0) is 13.5. The van der Waals surface area contributed by atoms with Gasteiger partial charge in [0.1, 0.15) is 5.75 Å². The first kappa shape index (κ1) is 14.5. The number of methoxy groups -OCH3 is 1. The Hall–Kier alpha value is -1.55. The van der Waals surface area contributed by atoms with Gasteiger partial charge in [-0.05, 0) is 38.0 Å². The first-order chi connectivity index (χ1) is 8.56. The minimum Gasteiger partial charge on any atom is -0.481 e. The van der Waals surface area contributed by atoms with E-state index in [1.807, 2.05) is 32.0 Å². The third-order valence-electron chi connectivity index (χ3n) is 2.83. The second-order valence-corrected chi connectivity index (χ2v) is 4.24. The molecule has 0 spiro atoms. The summed E-state index contributed by atoms with van der Waals surface area (Å²) in [6.07, 6.45) is -0.512. The van der Waals surface area contributed by atoms with Crippen LogP contribution in [-0.2, 0) is 9.53 Å². The molecule has 0 aliphatic carbocycles. The highest BCUT2D eigenvalue weighted by Crippen LogP contribution is 2.21. The molecular weight excluding hydrogens is 230 g/mol. The molecular formula is C14H21NO3. The van der Waals surface area contributed by atoms with E-state index in [2.05, 4.69) is 5.32 Å². The van der Waals surface area contributed by atoms with Crippen molar-refractivity contribution in [1.29, 1.82) is 0 Å². The van der Waals surface area contributed by atoms with Gasteiger partial charge in [-0.3, -0.25) is 4.79 Å². The van der Waals surface area contributed by atoms with Gasteiger partial charge in [0, 0.05) is 13.7 Å². The van der Waals surface area contributed by atoms with E-state index in [0.29, 0.717) is 13.2 Å². The van der Waals surface area contributed by atoms with Crippen LogP contribution in [0, 0.1) is 13.8 Å². The Balaban J connectivity index is 2.56. The highest BCUT2D eigenvalue weighted by atomic mass is 16.5. The molecule has 100 valence electrons. The first-order valence-electron chi connectivity index (χ1n) is 6.05. The van der Waals surface area contributed by atoms with Crippen molar-refractivity contribution >= 4 is 5.91 Å². The molecule has 1 aromatic rings. The summed E-state index contributed by atoms with van der Waals surface area (Å²) in [6, 6.07) is 5.82. The smallest absolute Gasteiger partial charge is 0.260 e. The fourth-order valence-electron chi connectivity index (χ4n) is 1.52. The van der Waals surface area contributed by atoms with Gasteiger partial charge < -0.3 is 14.8 Å². The van der Waals surface area contributed by atoms with Crippen LogP contribution in [0.2, 0.25) is 0 Å². The van der Waals surface area contributed by atoms with Crippen molar-refractivity contribution < 1.29 is 14.3 Å². The molecule has 0 unspecified atom stereocenters. The number of hydrogen-bond donors (Lipinski definition) is 1. The Labute approximate surface area is 108 Å². The summed E-state index contributed by atoms with van der Waals surface area (Å²) in [5.74, 6) is 0.623. The number of benzene rings is 1. The maximum Gasteiger partial charge on any atom is 0.260 e. The molecule has 1 amide bonds. The van der Waals surface area contributed by atoms with E-state index in [4.69, 9.17) is 9.47 Å². The molecule has 18 heavy (non-hydrogen) atoms. The van der Waals surface area contributed by atoms with Crippen molar-refractivity contribution in [1.82, 2.24) is 5.32 Å². The van der Waals surface area contributed by atoms with Crippen molar-refractivity contribution in [2.24, 2.45) is 0 Å². The molecule has 0 aromatic heterocycles. The van der Waals surface area contributed by atoms with E-state index >= 15 is 0 Å². The summed E-state index contributed by atoms with van der Waals surface area (Å²) in [5.41, 5.74) is 2.22. The van der Waals surface area contributed by atoms with Crippen molar-refractivity contribution in [3.63, 3.8) is 0 Å². The maximum absolute atomic E-state index is 11.7. The maximum atomic E-state index is 11.7. The third kappa shape index (κ3) is 4.04. The molecule has 1 N–H and O–H groups in total. The summed E-state index contributed by atoms with van der Waals surface area (Å²) < 4.78 is 10.5. The van der Waals surface area contributed by atoms with Crippen LogP contribution in [0.25, 0.3) is 0 Å². The molecule has 0 bridgehead atoms. The van der Waals surface area contributed by atoms with Crippen LogP contribution >= 0.6 is 0 Å². The topological polar surface area (TPSA) is 47.6 Å². The highest BCUT2D eigenvalue weighted by molar-refractivity contribution is 5.80. The normalized spacial score (nSPS) is 12.0. The fourth-order valence-corrected chi connectivity index (χ4v) is 1.52. The molecule has 0 heterocycles. The van der Waals surface area contributed by atoms with Crippen LogP contribution in [0.4, 0.5) is 0 Å². The van der Waals surface area contributed by atoms with Crippen molar-refractivity contribution in [3.05, 3.63) is 29.3 Å². The number of ether oxygens (including phenoxy) is 2. The number of rotatable bonds is 6. The zero-order valence-corrected chi connectivity index (χ0v) is 11.4. The summed E-state index contributed by atoms with van der Waals surface area (Å²) in [5, 5.41) is 2.75. The lowest BCUT2D eigenvalue weighted by Gasteiger charge is -2.17. The zero-order valence-electron chi connectivity index (χ0n) is 11.4. The highest BCUT2D eigenvalue weighted by Gasteiger charge is 2.15. The predicted molar refractivity (Wildman–Crippen MR) is 70.9 cm³/mol. The van der Waals surface area contributed by atoms with Gasteiger partial charge in [0.15, 0.2) is 6.10 Å². The van der Waals surface area contributed by atoms with Gasteiger partial charge in [-0.25, -0.2) is 0 Å². The van der Waals surface area contributed by atoms with Gasteiger partial charge >= 0.3 is 0 Å². The Morgan fingerprint density at radius 1 is 1.39 bits per heavy atom. The molecule has 1 rings (SSSR count). The molecule has 0 saturated heterocycles. The van der Waals surface area contributed by atoms with Gasteiger partial charge in [-0.2, -0.15) is 0 Å². The summed E-state index contributed by atoms with van der Waals surface area (Å²) >= 11 is 0. The number of carbonyl (C=O) groups is 1. The minimum atomic E-state index is -0.512. The van der Waals surface area contributed by atoms with Crippen LogP contribution in [0.3, 0.4) is 0 Å². The van der Waals surface area contributed by atoms with Gasteiger partial charge in [0.2, 0.25) is 0 Å². The Morgan fingerprint density at radius 3 is 2.78 bits per heavy atom. The van der Waals surface area contributed by atoms with E-state index in [1.54, 1.807) is 14.0 Å². The fraction of sp³-hybridized carbons (Fsp3) is 0.500. The lowest BCUT2D eigenvalue weighted by atomic mass is 10.1.